The molecule has 0 amide bonds. The van der Waals surface area contributed by atoms with Crippen molar-refractivity contribution in [2.75, 3.05) is 0 Å². The zero-order chi connectivity index (χ0) is 14.7. The lowest BCUT2D eigenvalue weighted by Gasteiger charge is -2.04. The Morgan fingerprint density at radius 1 is 1.05 bits per heavy atom. The van der Waals surface area contributed by atoms with Gasteiger partial charge >= 0.3 is 0 Å². The maximum absolute atomic E-state index is 4.53. The van der Waals surface area contributed by atoms with E-state index in [2.05, 4.69) is 62.5 Å². The summed E-state index contributed by atoms with van der Waals surface area (Å²) in [6.07, 6.45) is 4.25. The summed E-state index contributed by atoms with van der Waals surface area (Å²) in [6, 6.07) is 0.410. The molecule has 0 aliphatic carbocycles. The number of nitrogens with zero attached hydrogens (tertiary/aromatic N) is 4. The van der Waals surface area contributed by atoms with E-state index < -0.39 is 0 Å². The SMILES string of the molecule is CCn1cc(CNCc2cn(C(C)C)nc2C)c(C)n1.Cl. The first kappa shape index (κ1) is 17.7. The number of rotatable bonds is 6. The van der Waals surface area contributed by atoms with Crippen LogP contribution in [0.4, 0.5) is 0 Å². The topological polar surface area (TPSA) is 47.7 Å². The van der Waals surface area contributed by atoms with Crippen molar-refractivity contribution in [3.05, 3.63) is 34.9 Å². The molecule has 0 bridgehead atoms. The molecule has 0 atom stereocenters. The molecule has 2 aromatic rings. The average Bonchev–Trinajstić information content (AvgIpc) is 2.94. The van der Waals surface area contributed by atoms with E-state index >= 15 is 0 Å². The smallest absolute Gasteiger partial charge is 0.0638 e. The Balaban J connectivity index is 0.00000220. The summed E-state index contributed by atoms with van der Waals surface area (Å²) in [4.78, 5) is 0. The van der Waals surface area contributed by atoms with Crippen LogP contribution in [0.5, 0.6) is 0 Å². The molecule has 0 saturated carbocycles. The van der Waals surface area contributed by atoms with E-state index in [1.807, 2.05) is 9.36 Å². The molecule has 0 saturated heterocycles. The highest BCUT2D eigenvalue weighted by atomic mass is 35.5. The summed E-state index contributed by atoms with van der Waals surface area (Å²) >= 11 is 0. The Morgan fingerprint density at radius 3 is 2.10 bits per heavy atom. The summed E-state index contributed by atoms with van der Waals surface area (Å²) < 4.78 is 4.00. The Morgan fingerprint density at radius 2 is 1.62 bits per heavy atom. The van der Waals surface area contributed by atoms with Gasteiger partial charge in [0, 0.05) is 49.2 Å². The molecule has 2 heterocycles. The van der Waals surface area contributed by atoms with Crippen molar-refractivity contribution in [2.24, 2.45) is 0 Å². The molecular weight excluding hydrogens is 286 g/mol. The molecule has 0 fully saturated rings. The summed E-state index contributed by atoms with van der Waals surface area (Å²) in [5, 5.41) is 12.5. The fourth-order valence-corrected chi connectivity index (χ4v) is 2.18. The summed E-state index contributed by atoms with van der Waals surface area (Å²) in [6.45, 7) is 13.1. The Bertz CT molecular complexity index is 571. The van der Waals surface area contributed by atoms with Crippen molar-refractivity contribution in [3.63, 3.8) is 0 Å². The van der Waals surface area contributed by atoms with Crippen molar-refractivity contribution in [2.45, 2.75) is 60.3 Å². The van der Waals surface area contributed by atoms with Crippen molar-refractivity contribution in [3.8, 4) is 0 Å². The molecule has 0 spiro atoms. The van der Waals surface area contributed by atoms with Crippen LogP contribution in [0.2, 0.25) is 0 Å². The van der Waals surface area contributed by atoms with Crippen LogP contribution in [0, 0.1) is 13.8 Å². The van der Waals surface area contributed by atoms with Crippen LogP contribution < -0.4 is 5.32 Å². The predicted octanol–water partition coefficient (Wildman–Crippen LogP) is 3.01. The van der Waals surface area contributed by atoms with Crippen LogP contribution >= 0.6 is 12.4 Å². The van der Waals surface area contributed by atoms with Gasteiger partial charge in [0.2, 0.25) is 0 Å². The lowest BCUT2D eigenvalue weighted by atomic mass is 10.2. The van der Waals surface area contributed by atoms with E-state index in [0.29, 0.717) is 6.04 Å². The highest BCUT2D eigenvalue weighted by molar-refractivity contribution is 5.85. The average molecular weight is 312 g/mol. The third kappa shape index (κ3) is 4.32. The molecule has 21 heavy (non-hydrogen) atoms. The molecule has 5 nitrogen and oxygen atoms in total. The van der Waals surface area contributed by atoms with Crippen LogP contribution in [-0.4, -0.2) is 19.6 Å². The maximum Gasteiger partial charge on any atom is 0.0638 e. The number of hydrogen-bond acceptors (Lipinski definition) is 3. The minimum atomic E-state index is 0. The fraction of sp³-hybridized carbons (Fsp3) is 0.600. The summed E-state index contributed by atoms with van der Waals surface area (Å²) in [7, 11) is 0. The monoisotopic (exact) mass is 311 g/mol. The number of halogens is 1. The number of aryl methyl sites for hydroxylation is 3. The first-order valence-electron chi connectivity index (χ1n) is 7.29. The van der Waals surface area contributed by atoms with Crippen LogP contribution in [0.1, 0.15) is 49.3 Å². The van der Waals surface area contributed by atoms with E-state index in [0.717, 1.165) is 31.0 Å². The van der Waals surface area contributed by atoms with Crippen molar-refractivity contribution in [1.82, 2.24) is 24.9 Å². The predicted molar refractivity (Wildman–Crippen MR) is 87.8 cm³/mol. The third-order valence-corrected chi connectivity index (χ3v) is 3.55. The van der Waals surface area contributed by atoms with Gasteiger partial charge in [0.25, 0.3) is 0 Å². The minimum absolute atomic E-state index is 0. The van der Waals surface area contributed by atoms with Gasteiger partial charge in [-0.2, -0.15) is 10.2 Å². The van der Waals surface area contributed by atoms with E-state index in [1.165, 1.54) is 11.1 Å². The van der Waals surface area contributed by atoms with Gasteiger partial charge in [-0.3, -0.25) is 9.36 Å². The second kappa shape index (κ2) is 7.61. The molecular formula is C15H26ClN5. The Kier molecular flexibility index (Phi) is 6.42. The second-order valence-corrected chi connectivity index (χ2v) is 5.51. The molecule has 6 heteroatoms. The quantitative estimate of drug-likeness (QED) is 0.892. The van der Waals surface area contributed by atoms with Gasteiger partial charge in [0.15, 0.2) is 0 Å². The highest BCUT2D eigenvalue weighted by Crippen LogP contribution is 2.11. The second-order valence-electron chi connectivity index (χ2n) is 5.51. The highest BCUT2D eigenvalue weighted by Gasteiger charge is 2.08. The molecule has 2 rings (SSSR count). The summed E-state index contributed by atoms with van der Waals surface area (Å²) in [5.74, 6) is 0. The molecule has 0 aliphatic heterocycles. The molecule has 0 aliphatic rings. The third-order valence-electron chi connectivity index (χ3n) is 3.55. The largest absolute Gasteiger partial charge is 0.308 e. The van der Waals surface area contributed by atoms with Gasteiger partial charge in [-0.1, -0.05) is 0 Å². The van der Waals surface area contributed by atoms with Gasteiger partial charge in [-0.25, -0.2) is 0 Å². The Labute approximate surface area is 133 Å². The first-order chi connectivity index (χ1) is 9.51. The van der Waals surface area contributed by atoms with Crippen LogP contribution in [-0.2, 0) is 19.6 Å². The first-order valence-corrected chi connectivity index (χ1v) is 7.29. The van der Waals surface area contributed by atoms with Crippen molar-refractivity contribution in [1.29, 1.82) is 0 Å². The van der Waals surface area contributed by atoms with Gasteiger partial charge < -0.3 is 5.32 Å². The maximum atomic E-state index is 4.53. The van der Waals surface area contributed by atoms with Gasteiger partial charge in [-0.15, -0.1) is 12.4 Å². The number of hydrogen-bond donors (Lipinski definition) is 1. The Hall–Kier alpha value is -1.33. The molecule has 0 radical (unpaired) electrons. The molecule has 0 aromatic carbocycles. The van der Waals surface area contributed by atoms with Crippen molar-refractivity contribution >= 4 is 12.4 Å². The van der Waals surface area contributed by atoms with Crippen molar-refractivity contribution < 1.29 is 0 Å². The van der Waals surface area contributed by atoms with Crippen LogP contribution in [0.25, 0.3) is 0 Å². The fourth-order valence-electron chi connectivity index (χ4n) is 2.18. The lowest BCUT2D eigenvalue weighted by molar-refractivity contribution is 0.528. The number of nitrogens with one attached hydrogen (secondary N) is 1. The molecule has 1 N–H and O–H groups in total. The zero-order valence-electron chi connectivity index (χ0n) is 13.6. The van der Waals surface area contributed by atoms with Gasteiger partial charge in [-0.05, 0) is 34.6 Å². The minimum Gasteiger partial charge on any atom is -0.308 e. The van der Waals surface area contributed by atoms with Crippen LogP contribution in [0.15, 0.2) is 12.4 Å². The normalized spacial score (nSPS) is 11.0. The zero-order valence-corrected chi connectivity index (χ0v) is 14.4. The molecule has 0 unspecified atom stereocenters. The van der Waals surface area contributed by atoms with E-state index in [4.69, 9.17) is 0 Å². The molecule has 118 valence electrons. The standard InChI is InChI=1S/C15H25N5.ClH/c1-6-19-9-14(12(4)17-19)7-16-8-15-10-20(11(2)3)18-13(15)5;/h9-11,16H,6-8H2,1-5H3;1H. The van der Waals surface area contributed by atoms with E-state index in [-0.39, 0.29) is 12.4 Å². The summed E-state index contributed by atoms with van der Waals surface area (Å²) in [5.41, 5.74) is 4.74. The van der Waals surface area contributed by atoms with Gasteiger partial charge in [0.05, 0.1) is 11.4 Å². The molecule has 2 aromatic heterocycles. The van der Waals surface area contributed by atoms with E-state index in [9.17, 15) is 0 Å². The lowest BCUT2D eigenvalue weighted by Crippen LogP contribution is -2.13. The number of aromatic nitrogens is 4. The van der Waals surface area contributed by atoms with Gasteiger partial charge in [0.1, 0.15) is 0 Å². The van der Waals surface area contributed by atoms with E-state index in [1.54, 1.807) is 0 Å². The van der Waals surface area contributed by atoms with Crippen LogP contribution in [0.3, 0.4) is 0 Å².